The van der Waals surface area contributed by atoms with Crippen molar-refractivity contribution in [3.63, 3.8) is 0 Å². The fourth-order valence-electron chi connectivity index (χ4n) is 2.00. The fourth-order valence-corrected chi connectivity index (χ4v) is 2.00. The van der Waals surface area contributed by atoms with Gasteiger partial charge in [0, 0.05) is 0 Å². The highest BCUT2D eigenvalue weighted by molar-refractivity contribution is 5.76. The van der Waals surface area contributed by atoms with Gasteiger partial charge in [-0.05, 0) is 24.3 Å². The summed E-state index contributed by atoms with van der Waals surface area (Å²) >= 11 is 0. The maximum Gasteiger partial charge on any atom is 0.323 e. The van der Waals surface area contributed by atoms with E-state index in [1.165, 1.54) is 0 Å². The maximum atomic E-state index is 11.8. The Morgan fingerprint density at radius 1 is 1.39 bits per heavy atom. The van der Waals surface area contributed by atoms with Crippen molar-refractivity contribution in [3.8, 4) is 6.07 Å². The molecule has 96 valence electrons. The summed E-state index contributed by atoms with van der Waals surface area (Å²) in [7, 11) is 0. The zero-order valence-corrected chi connectivity index (χ0v) is 11.1. The molecule has 0 spiro atoms. The third-order valence-electron chi connectivity index (χ3n) is 2.94. The van der Waals surface area contributed by atoms with Crippen LogP contribution in [0.4, 0.5) is 0 Å². The lowest BCUT2D eigenvalue weighted by Crippen LogP contribution is -2.33. The first-order valence-corrected chi connectivity index (χ1v) is 6.11. The zero-order chi connectivity index (χ0) is 13.6. The Morgan fingerprint density at radius 3 is 2.50 bits per heavy atom. The third kappa shape index (κ3) is 3.59. The molecular weight excluding hydrogens is 226 g/mol. The molecule has 0 radical (unpaired) electrons. The van der Waals surface area contributed by atoms with E-state index in [9.17, 15) is 10.1 Å². The van der Waals surface area contributed by atoms with E-state index in [2.05, 4.69) is 6.07 Å². The minimum Gasteiger partial charge on any atom is -0.465 e. The number of hydrogen-bond acceptors (Lipinski definition) is 3. The number of rotatable bonds is 5. The number of carbonyl (C=O) groups excluding carboxylic acids is 1. The lowest BCUT2D eigenvalue weighted by Gasteiger charge is -2.28. The summed E-state index contributed by atoms with van der Waals surface area (Å²) in [5, 5.41) is 9.19. The van der Waals surface area contributed by atoms with Gasteiger partial charge in [0.25, 0.3) is 0 Å². The molecule has 0 saturated heterocycles. The molecule has 0 unspecified atom stereocenters. The Labute approximate surface area is 108 Å². The molecule has 1 aromatic rings. The van der Waals surface area contributed by atoms with Crippen LogP contribution in [0.5, 0.6) is 0 Å². The second-order valence-corrected chi connectivity index (χ2v) is 4.97. The van der Waals surface area contributed by atoms with Gasteiger partial charge in [0.2, 0.25) is 0 Å². The van der Waals surface area contributed by atoms with Gasteiger partial charge in [0.1, 0.15) is 5.92 Å². The maximum absolute atomic E-state index is 11.8. The highest BCUT2D eigenvalue weighted by Crippen LogP contribution is 2.31. The molecule has 0 aliphatic carbocycles. The number of nitriles is 1. The Kier molecular flexibility index (Phi) is 4.91. The van der Waals surface area contributed by atoms with E-state index in [-0.39, 0.29) is 0 Å². The topological polar surface area (TPSA) is 50.1 Å². The van der Waals surface area contributed by atoms with Crippen LogP contribution in [0.15, 0.2) is 30.3 Å². The molecule has 3 nitrogen and oxygen atoms in total. The number of benzene rings is 1. The summed E-state index contributed by atoms with van der Waals surface area (Å²) < 4.78 is 4.96. The summed E-state index contributed by atoms with van der Waals surface area (Å²) in [6.07, 6.45) is 0.672. The summed E-state index contributed by atoms with van der Waals surface area (Å²) in [5.74, 6) is -1.17. The van der Waals surface area contributed by atoms with Gasteiger partial charge in [0.15, 0.2) is 0 Å². The Bertz CT molecular complexity index is 432. The zero-order valence-electron chi connectivity index (χ0n) is 11.1. The number of esters is 1. The molecule has 1 atom stereocenters. The molecule has 0 amide bonds. The minimum absolute atomic E-state index is 0.304. The van der Waals surface area contributed by atoms with E-state index in [1.807, 2.05) is 44.2 Å². The Balaban J connectivity index is 2.84. The first kappa shape index (κ1) is 14.2. The van der Waals surface area contributed by atoms with Crippen molar-refractivity contribution < 1.29 is 9.53 Å². The molecular formula is C15H19NO2. The van der Waals surface area contributed by atoms with Gasteiger partial charge >= 0.3 is 5.97 Å². The molecule has 0 heterocycles. The predicted octanol–water partition coefficient (Wildman–Crippen LogP) is 2.96. The summed E-state index contributed by atoms with van der Waals surface area (Å²) in [6, 6.07) is 11.9. The SMILES string of the molecule is CCOC(=O)[C@@H](C#N)C(C)(C)Cc1ccccc1. The molecule has 0 aliphatic rings. The van der Waals surface area contributed by atoms with E-state index in [0.29, 0.717) is 13.0 Å². The predicted molar refractivity (Wildman–Crippen MR) is 69.7 cm³/mol. The van der Waals surface area contributed by atoms with Gasteiger partial charge in [0.05, 0.1) is 12.7 Å². The number of carbonyl (C=O) groups is 1. The average molecular weight is 245 g/mol. The van der Waals surface area contributed by atoms with Gasteiger partial charge in [-0.15, -0.1) is 0 Å². The Hall–Kier alpha value is -1.82. The Morgan fingerprint density at radius 2 is 2.00 bits per heavy atom. The monoisotopic (exact) mass is 245 g/mol. The van der Waals surface area contributed by atoms with Crippen molar-refractivity contribution >= 4 is 5.97 Å². The average Bonchev–Trinajstić information content (AvgIpc) is 2.30. The lowest BCUT2D eigenvalue weighted by molar-refractivity contribution is -0.149. The molecule has 0 bridgehead atoms. The van der Waals surface area contributed by atoms with E-state index < -0.39 is 17.3 Å². The van der Waals surface area contributed by atoms with Crippen LogP contribution >= 0.6 is 0 Å². The second-order valence-electron chi connectivity index (χ2n) is 4.97. The quantitative estimate of drug-likeness (QED) is 0.749. The van der Waals surface area contributed by atoms with Crippen LogP contribution in [0.1, 0.15) is 26.3 Å². The minimum atomic E-state index is -0.738. The first-order valence-electron chi connectivity index (χ1n) is 6.11. The van der Waals surface area contributed by atoms with E-state index >= 15 is 0 Å². The van der Waals surface area contributed by atoms with Crippen molar-refractivity contribution in [2.45, 2.75) is 27.2 Å². The van der Waals surface area contributed by atoms with Crippen LogP contribution in [0.3, 0.4) is 0 Å². The van der Waals surface area contributed by atoms with Crippen LogP contribution in [-0.2, 0) is 16.0 Å². The van der Waals surface area contributed by atoms with Gasteiger partial charge in [-0.25, -0.2) is 0 Å². The van der Waals surface area contributed by atoms with Crippen LogP contribution in [0.25, 0.3) is 0 Å². The molecule has 0 fully saturated rings. The van der Waals surface area contributed by atoms with Crippen molar-refractivity contribution in [3.05, 3.63) is 35.9 Å². The largest absolute Gasteiger partial charge is 0.465 e. The molecule has 1 rings (SSSR count). The van der Waals surface area contributed by atoms with Crippen LogP contribution < -0.4 is 0 Å². The number of hydrogen-bond donors (Lipinski definition) is 0. The standard InChI is InChI=1S/C15H19NO2/c1-4-18-14(17)13(11-16)15(2,3)10-12-8-6-5-7-9-12/h5-9,13H,4,10H2,1-3H3/t13-/m1/s1. The highest BCUT2D eigenvalue weighted by atomic mass is 16.5. The van der Waals surface area contributed by atoms with E-state index in [1.54, 1.807) is 6.92 Å². The van der Waals surface area contributed by atoms with Crippen molar-refractivity contribution in [1.29, 1.82) is 5.26 Å². The molecule has 0 aliphatic heterocycles. The third-order valence-corrected chi connectivity index (χ3v) is 2.94. The van der Waals surface area contributed by atoms with Gasteiger partial charge < -0.3 is 4.74 Å². The first-order chi connectivity index (χ1) is 8.51. The molecule has 18 heavy (non-hydrogen) atoms. The van der Waals surface area contributed by atoms with Crippen LogP contribution in [-0.4, -0.2) is 12.6 Å². The second kappa shape index (κ2) is 6.20. The van der Waals surface area contributed by atoms with Crippen LogP contribution in [0, 0.1) is 22.7 Å². The smallest absolute Gasteiger partial charge is 0.323 e. The van der Waals surface area contributed by atoms with Gasteiger partial charge in [-0.2, -0.15) is 5.26 Å². The summed E-state index contributed by atoms with van der Waals surface area (Å²) in [6.45, 7) is 5.89. The van der Waals surface area contributed by atoms with E-state index in [4.69, 9.17) is 4.74 Å². The number of ether oxygens (including phenoxy) is 1. The fraction of sp³-hybridized carbons (Fsp3) is 0.467. The molecule has 0 N–H and O–H groups in total. The van der Waals surface area contributed by atoms with Crippen molar-refractivity contribution in [2.75, 3.05) is 6.61 Å². The highest BCUT2D eigenvalue weighted by Gasteiger charge is 2.36. The summed E-state index contributed by atoms with van der Waals surface area (Å²) in [5.41, 5.74) is 0.676. The number of nitrogens with zero attached hydrogens (tertiary/aromatic N) is 1. The van der Waals surface area contributed by atoms with Crippen molar-refractivity contribution in [2.24, 2.45) is 11.3 Å². The van der Waals surface area contributed by atoms with Crippen LogP contribution in [0.2, 0.25) is 0 Å². The summed E-state index contributed by atoms with van der Waals surface area (Å²) in [4.78, 5) is 11.8. The van der Waals surface area contributed by atoms with Gasteiger partial charge in [-0.3, -0.25) is 4.79 Å². The van der Waals surface area contributed by atoms with E-state index in [0.717, 1.165) is 5.56 Å². The normalized spacial score (nSPS) is 12.6. The van der Waals surface area contributed by atoms with Gasteiger partial charge in [-0.1, -0.05) is 44.2 Å². The molecule has 1 aromatic carbocycles. The molecule has 0 aromatic heterocycles. The lowest BCUT2D eigenvalue weighted by atomic mass is 9.75. The van der Waals surface area contributed by atoms with Crippen molar-refractivity contribution in [1.82, 2.24) is 0 Å². The molecule has 0 saturated carbocycles. The molecule has 3 heteroatoms.